The minimum Gasteiger partial charge on any atom is -0.456 e. The molecule has 0 radical (unpaired) electrons. The lowest BCUT2D eigenvalue weighted by atomic mass is 10.1. The Morgan fingerprint density at radius 1 is 1.05 bits per heavy atom. The highest BCUT2D eigenvalue weighted by molar-refractivity contribution is 6.06. The molecule has 1 N–H and O–H groups in total. The summed E-state index contributed by atoms with van der Waals surface area (Å²) >= 11 is 0. The normalized spacial score (nSPS) is 11.0. The van der Waals surface area contributed by atoms with E-state index in [1.165, 1.54) is 6.92 Å². The van der Waals surface area contributed by atoms with Gasteiger partial charge in [0.1, 0.15) is 24.4 Å². The molecule has 0 aliphatic carbocycles. The number of amides is 1. The molecule has 0 unspecified atom stereocenters. The third-order valence-corrected chi connectivity index (χ3v) is 3.20. The number of benzene rings is 2. The fraction of sp³-hybridized carbons (Fsp3) is 0.176. The van der Waals surface area contributed by atoms with Gasteiger partial charge in [-0.15, -0.1) is 0 Å². The van der Waals surface area contributed by atoms with Crippen molar-refractivity contribution in [3.05, 3.63) is 42.5 Å². The standard InChI is InChI=1S/C17H15NO4/c1-11(19)9-21-10-17(20)18-12-6-7-14-13-4-2-3-5-15(13)22-16(14)8-12/h2-8H,9-10H2,1H3,(H,18,20). The fourth-order valence-electron chi connectivity index (χ4n) is 2.29. The summed E-state index contributed by atoms with van der Waals surface area (Å²) in [5.41, 5.74) is 2.15. The maximum absolute atomic E-state index is 11.7. The molecule has 5 heteroatoms. The van der Waals surface area contributed by atoms with Crippen molar-refractivity contribution in [2.75, 3.05) is 18.5 Å². The van der Waals surface area contributed by atoms with Gasteiger partial charge < -0.3 is 14.5 Å². The van der Waals surface area contributed by atoms with E-state index in [-0.39, 0.29) is 24.9 Å². The van der Waals surface area contributed by atoms with Crippen molar-refractivity contribution in [1.82, 2.24) is 0 Å². The van der Waals surface area contributed by atoms with Crippen molar-refractivity contribution in [2.24, 2.45) is 0 Å². The van der Waals surface area contributed by atoms with Crippen LogP contribution >= 0.6 is 0 Å². The first-order valence-corrected chi connectivity index (χ1v) is 6.92. The summed E-state index contributed by atoms with van der Waals surface area (Å²) in [5, 5.41) is 4.76. The molecule has 0 saturated carbocycles. The third kappa shape index (κ3) is 2.99. The van der Waals surface area contributed by atoms with Crippen LogP contribution in [-0.2, 0) is 14.3 Å². The van der Waals surface area contributed by atoms with Gasteiger partial charge in [-0.2, -0.15) is 0 Å². The van der Waals surface area contributed by atoms with Crippen molar-refractivity contribution in [1.29, 1.82) is 0 Å². The molecule has 3 rings (SSSR count). The van der Waals surface area contributed by atoms with Crippen LogP contribution in [0.4, 0.5) is 5.69 Å². The Bertz CT molecular complexity index is 850. The number of rotatable bonds is 5. The van der Waals surface area contributed by atoms with Crippen LogP contribution in [-0.4, -0.2) is 24.9 Å². The van der Waals surface area contributed by atoms with Crippen molar-refractivity contribution in [2.45, 2.75) is 6.92 Å². The van der Waals surface area contributed by atoms with E-state index >= 15 is 0 Å². The maximum Gasteiger partial charge on any atom is 0.250 e. The van der Waals surface area contributed by atoms with Crippen molar-refractivity contribution >= 4 is 39.3 Å². The Morgan fingerprint density at radius 2 is 1.82 bits per heavy atom. The second kappa shape index (κ2) is 5.99. The predicted octanol–water partition coefficient (Wildman–Crippen LogP) is 3.13. The van der Waals surface area contributed by atoms with Crippen LogP contribution in [0.25, 0.3) is 21.9 Å². The SMILES string of the molecule is CC(=O)COCC(=O)Nc1ccc2c(c1)oc1ccccc12. The molecule has 0 atom stereocenters. The molecule has 1 amide bonds. The molecule has 2 aromatic carbocycles. The van der Waals surface area contributed by atoms with Crippen LogP contribution in [0.1, 0.15) is 6.92 Å². The van der Waals surface area contributed by atoms with Crippen molar-refractivity contribution < 1.29 is 18.7 Å². The molecule has 3 aromatic rings. The van der Waals surface area contributed by atoms with Gasteiger partial charge in [0.15, 0.2) is 5.78 Å². The molecule has 1 heterocycles. The lowest BCUT2D eigenvalue weighted by Crippen LogP contribution is -2.20. The molecule has 0 spiro atoms. The van der Waals surface area contributed by atoms with Gasteiger partial charge in [0.2, 0.25) is 5.91 Å². The first-order chi connectivity index (χ1) is 10.6. The summed E-state index contributed by atoms with van der Waals surface area (Å²) in [5.74, 6) is -0.423. The van der Waals surface area contributed by atoms with Crippen molar-refractivity contribution in [3.8, 4) is 0 Å². The summed E-state index contributed by atoms with van der Waals surface area (Å²) in [6.07, 6.45) is 0. The van der Waals surface area contributed by atoms with Gasteiger partial charge in [0.05, 0.1) is 0 Å². The largest absolute Gasteiger partial charge is 0.456 e. The Hall–Kier alpha value is -2.66. The number of ether oxygens (including phenoxy) is 1. The number of carbonyl (C=O) groups is 2. The number of para-hydroxylation sites is 1. The van der Waals surface area contributed by atoms with E-state index < -0.39 is 0 Å². The van der Waals surface area contributed by atoms with Gasteiger partial charge in [-0.05, 0) is 25.1 Å². The Balaban J connectivity index is 1.76. The zero-order chi connectivity index (χ0) is 15.5. The summed E-state index contributed by atoms with van der Waals surface area (Å²) in [4.78, 5) is 22.5. The fourth-order valence-corrected chi connectivity index (χ4v) is 2.29. The van der Waals surface area contributed by atoms with Crippen LogP contribution in [0.15, 0.2) is 46.9 Å². The number of carbonyl (C=O) groups excluding carboxylic acids is 2. The van der Waals surface area contributed by atoms with Crippen LogP contribution in [0.5, 0.6) is 0 Å². The molecule has 22 heavy (non-hydrogen) atoms. The zero-order valence-corrected chi connectivity index (χ0v) is 12.1. The van der Waals surface area contributed by atoms with E-state index in [9.17, 15) is 9.59 Å². The quantitative estimate of drug-likeness (QED) is 0.785. The average Bonchev–Trinajstić information content (AvgIpc) is 2.84. The zero-order valence-electron chi connectivity index (χ0n) is 12.1. The Morgan fingerprint density at radius 3 is 2.64 bits per heavy atom. The summed E-state index contributed by atoms with van der Waals surface area (Å²) in [7, 11) is 0. The minimum absolute atomic E-state index is 0.0595. The number of nitrogens with one attached hydrogen (secondary N) is 1. The Labute approximate surface area is 126 Å². The van der Waals surface area contributed by atoms with E-state index in [4.69, 9.17) is 9.15 Å². The van der Waals surface area contributed by atoms with Gasteiger partial charge in [0, 0.05) is 22.5 Å². The van der Waals surface area contributed by atoms with Gasteiger partial charge in [-0.1, -0.05) is 18.2 Å². The van der Waals surface area contributed by atoms with E-state index in [2.05, 4.69) is 5.32 Å². The number of hydrogen-bond donors (Lipinski definition) is 1. The van der Waals surface area contributed by atoms with Crippen LogP contribution in [0, 0.1) is 0 Å². The maximum atomic E-state index is 11.7. The molecular weight excluding hydrogens is 282 g/mol. The summed E-state index contributed by atoms with van der Waals surface area (Å²) in [6.45, 7) is 1.20. The second-order valence-electron chi connectivity index (χ2n) is 5.05. The lowest BCUT2D eigenvalue weighted by Gasteiger charge is -2.05. The molecular formula is C17H15NO4. The average molecular weight is 297 g/mol. The number of hydrogen-bond acceptors (Lipinski definition) is 4. The second-order valence-corrected chi connectivity index (χ2v) is 5.05. The summed E-state index contributed by atoms with van der Waals surface area (Å²) in [6, 6.07) is 13.3. The van der Waals surface area contributed by atoms with E-state index in [0.29, 0.717) is 11.3 Å². The van der Waals surface area contributed by atoms with E-state index in [1.54, 1.807) is 6.07 Å². The molecule has 0 fully saturated rings. The molecule has 0 aliphatic heterocycles. The number of anilines is 1. The Kier molecular flexibility index (Phi) is 3.89. The highest BCUT2D eigenvalue weighted by Crippen LogP contribution is 2.30. The monoisotopic (exact) mass is 297 g/mol. The number of fused-ring (bicyclic) bond motifs is 3. The molecule has 0 aliphatic rings. The number of Topliss-reactive ketones (excluding diaryl/α,β-unsaturated/α-hetero) is 1. The first kappa shape index (κ1) is 14.3. The highest BCUT2D eigenvalue weighted by Gasteiger charge is 2.08. The minimum atomic E-state index is -0.309. The van der Waals surface area contributed by atoms with Crippen LogP contribution in [0.2, 0.25) is 0 Å². The molecule has 0 bridgehead atoms. The van der Waals surface area contributed by atoms with Gasteiger partial charge >= 0.3 is 0 Å². The van der Waals surface area contributed by atoms with Gasteiger partial charge in [-0.25, -0.2) is 0 Å². The predicted molar refractivity (Wildman–Crippen MR) is 83.8 cm³/mol. The lowest BCUT2D eigenvalue weighted by molar-refractivity contribution is -0.125. The van der Waals surface area contributed by atoms with Gasteiger partial charge in [-0.3, -0.25) is 9.59 Å². The van der Waals surface area contributed by atoms with E-state index in [1.807, 2.05) is 36.4 Å². The first-order valence-electron chi connectivity index (χ1n) is 6.92. The molecule has 0 saturated heterocycles. The number of furan rings is 1. The number of ketones is 1. The highest BCUT2D eigenvalue weighted by atomic mass is 16.5. The van der Waals surface area contributed by atoms with Crippen LogP contribution < -0.4 is 5.32 Å². The van der Waals surface area contributed by atoms with Crippen molar-refractivity contribution in [3.63, 3.8) is 0 Å². The topological polar surface area (TPSA) is 68.5 Å². The van der Waals surface area contributed by atoms with Crippen LogP contribution in [0.3, 0.4) is 0 Å². The molecule has 5 nitrogen and oxygen atoms in total. The third-order valence-electron chi connectivity index (χ3n) is 3.20. The smallest absolute Gasteiger partial charge is 0.250 e. The van der Waals surface area contributed by atoms with Gasteiger partial charge in [0.25, 0.3) is 0 Å². The van der Waals surface area contributed by atoms with E-state index in [0.717, 1.165) is 16.4 Å². The molecule has 112 valence electrons. The molecule has 1 aromatic heterocycles. The summed E-state index contributed by atoms with van der Waals surface area (Å²) < 4.78 is 10.7.